The van der Waals surface area contributed by atoms with E-state index in [0.717, 1.165) is 12.1 Å². The van der Waals surface area contributed by atoms with Crippen molar-refractivity contribution in [1.82, 2.24) is 10.2 Å². The van der Waals surface area contributed by atoms with Crippen LogP contribution in [0, 0.1) is 11.7 Å². The molecule has 118 valence electrons. The molecule has 0 heterocycles. The van der Waals surface area contributed by atoms with Gasteiger partial charge >= 0.3 is 0 Å². The first-order chi connectivity index (χ1) is 9.90. The van der Waals surface area contributed by atoms with E-state index in [4.69, 9.17) is 4.74 Å². The number of carbonyl (C=O) groups is 1. The molecular weight excluding hydrogens is 271 g/mol. The van der Waals surface area contributed by atoms with Crippen LogP contribution in [0.15, 0.2) is 18.2 Å². The number of ether oxygens (including phenoxy) is 1. The van der Waals surface area contributed by atoms with Crippen LogP contribution in [0.25, 0.3) is 0 Å². The molecule has 0 aliphatic rings. The van der Waals surface area contributed by atoms with Crippen molar-refractivity contribution in [2.75, 3.05) is 27.2 Å². The fraction of sp³-hybridized carbons (Fsp3) is 0.562. The summed E-state index contributed by atoms with van der Waals surface area (Å²) in [6, 6.07) is 4.91. The van der Waals surface area contributed by atoms with Gasteiger partial charge in [-0.15, -0.1) is 0 Å². The number of hydrogen-bond acceptors (Lipinski definition) is 3. The van der Waals surface area contributed by atoms with Crippen LogP contribution >= 0.6 is 0 Å². The zero-order valence-corrected chi connectivity index (χ0v) is 13.3. The van der Waals surface area contributed by atoms with E-state index in [0.29, 0.717) is 12.5 Å². The summed E-state index contributed by atoms with van der Waals surface area (Å²) in [6.45, 7) is 5.96. The van der Waals surface area contributed by atoms with Crippen molar-refractivity contribution in [2.24, 2.45) is 5.92 Å². The second-order valence-electron chi connectivity index (χ2n) is 5.68. The van der Waals surface area contributed by atoms with Crippen molar-refractivity contribution in [3.05, 3.63) is 29.6 Å². The Balaban J connectivity index is 2.45. The highest BCUT2D eigenvalue weighted by Gasteiger charge is 2.08. The van der Waals surface area contributed by atoms with E-state index < -0.39 is 5.82 Å². The standard InChI is InChI=1S/C16H25FN2O2/c1-12(2)10-18-11-13-5-6-15(14(17)9-13)21-8-7-16(20)19(3)4/h5-6,9,12,18H,7-8,10-11H2,1-4H3. The predicted octanol–water partition coefficient (Wildman–Crippen LogP) is 2.43. The number of amides is 1. The van der Waals surface area contributed by atoms with Crippen molar-refractivity contribution >= 4 is 5.91 Å². The van der Waals surface area contributed by atoms with Gasteiger partial charge in [-0.25, -0.2) is 4.39 Å². The normalized spacial score (nSPS) is 10.8. The lowest BCUT2D eigenvalue weighted by Gasteiger charge is -2.12. The fourth-order valence-electron chi connectivity index (χ4n) is 1.75. The van der Waals surface area contributed by atoms with Gasteiger partial charge in [-0.2, -0.15) is 0 Å². The van der Waals surface area contributed by atoms with Crippen molar-refractivity contribution in [2.45, 2.75) is 26.8 Å². The largest absolute Gasteiger partial charge is 0.490 e. The lowest BCUT2D eigenvalue weighted by atomic mass is 10.2. The Morgan fingerprint density at radius 3 is 2.67 bits per heavy atom. The smallest absolute Gasteiger partial charge is 0.225 e. The van der Waals surface area contributed by atoms with Gasteiger partial charge in [0.15, 0.2) is 11.6 Å². The second kappa shape index (κ2) is 8.62. The zero-order chi connectivity index (χ0) is 15.8. The van der Waals surface area contributed by atoms with Gasteiger partial charge in [0.1, 0.15) is 0 Å². The van der Waals surface area contributed by atoms with E-state index >= 15 is 0 Å². The Hall–Kier alpha value is -1.62. The van der Waals surface area contributed by atoms with Crippen molar-refractivity contribution in [3.8, 4) is 5.75 Å². The topological polar surface area (TPSA) is 41.6 Å². The van der Waals surface area contributed by atoms with E-state index in [1.165, 1.54) is 11.0 Å². The zero-order valence-electron chi connectivity index (χ0n) is 13.3. The highest BCUT2D eigenvalue weighted by atomic mass is 19.1. The maximum atomic E-state index is 13.9. The maximum absolute atomic E-state index is 13.9. The molecule has 4 nitrogen and oxygen atoms in total. The van der Waals surface area contributed by atoms with Gasteiger partial charge in [-0.1, -0.05) is 19.9 Å². The molecule has 0 fully saturated rings. The van der Waals surface area contributed by atoms with Crippen LogP contribution < -0.4 is 10.1 Å². The summed E-state index contributed by atoms with van der Waals surface area (Å²) in [5.74, 6) is 0.321. The average molecular weight is 296 g/mol. The van der Waals surface area contributed by atoms with Crippen LogP contribution in [0.4, 0.5) is 4.39 Å². The SMILES string of the molecule is CC(C)CNCc1ccc(OCCC(=O)N(C)C)c(F)c1. The van der Waals surface area contributed by atoms with Crippen molar-refractivity contribution in [3.63, 3.8) is 0 Å². The highest BCUT2D eigenvalue weighted by Crippen LogP contribution is 2.18. The predicted molar refractivity (Wildman–Crippen MR) is 81.8 cm³/mol. The second-order valence-corrected chi connectivity index (χ2v) is 5.68. The van der Waals surface area contributed by atoms with Crippen LogP contribution in [-0.2, 0) is 11.3 Å². The summed E-state index contributed by atoms with van der Waals surface area (Å²) < 4.78 is 19.2. The molecule has 0 spiro atoms. The molecule has 0 radical (unpaired) electrons. The van der Waals surface area contributed by atoms with E-state index in [1.807, 2.05) is 6.07 Å². The number of nitrogens with one attached hydrogen (secondary N) is 1. The Kier molecular flexibility index (Phi) is 7.15. The molecule has 1 aromatic rings. The molecule has 0 atom stereocenters. The van der Waals surface area contributed by atoms with Gasteiger partial charge < -0.3 is 15.0 Å². The van der Waals surface area contributed by atoms with Gasteiger partial charge in [0, 0.05) is 20.6 Å². The molecule has 21 heavy (non-hydrogen) atoms. The maximum Gasteiger partial charge on any atom is 0.225 e. The summed E-state index contributed by atoms with van der Waals surface area (Å²) >= 11 is 0. The number of nitrogens with zero attached hydrogens (tertiary/aromatic N) is 1. The summed E-state index contributed by atoms with van der Waals surface area (Å²) in [6.07, 6.45) is 0.240. The molecule has 0 aliphatic heterocycles. The molecule has 0 saturated heterocycles. The molecule has 1 amide bonds. The molecule has 5 heteroatoms. The first-order valence-electron chi connectivity index (χ1n) is 7.22. The Morgan fingerprint density at radius 1 is 1.38 bits per heavy atom. The molecule has 0 unspecified atom stereocenters. The first kappa shape index (κ1) is 17.4. The minimum Gasteiger partial charge on any atom is -0.490 e. The van der Waals surface area contributed by atoms with Gasteiger partial charge in [-0.05, 0) is 30.2 Å². The number of hydrogen-bond donors (Lipinski definition) is 1. The molecule has 1 aromatic carbocycles. The number of benzene rings is 1. The minimum atomic E-state index is -0.392. The lowest BCUT2D eigenvalue weighted by Crippen LogP contribution is -2.23. The third-order valence-corrected chi connectivity index (χ3v) is 2.95. The van der Waals surface area contributed by atoms with Crippen molar-refractivity contribution < 1.29 is 13.9 Å². The summed E-state index contributed by atoms with van der Waals surface area (Å²) in [5, 5.41) is 3.26. The van der Waals surface area contributed by atoms with E-state index in [1.54, 1.807) is 20.2 Å². The molecule has 1 N–H and O–H groups in total. The first-order valence-corrected chi connectivity index (χ1v) is 7.22. The number of halogens is 1. The average Bonchev–Trinajstić information content (AvgIpc) is 2.40. The molecule has 0 aromatic heterocycles. The third-order valence-electron chi connectivity index (χ3n) is 2.95. The Labute approximate surface area is 126 Å². The molecule has 0 bridgehead atoms. The van der Waals surface area contributed by atoms with Crippen LogP contribution in [0.5, 0.6) is 5.75 Å². The van der Waals surface area contributed by atoms with Gasteiger partial charge in [0.2, 0.25) is 5.91 Å². The highest BCUT2D eigenvalue weighted by molar-refractivity contribution is 5.75. The quantitative estimate of drug-likeness (QED) is 0.801. The van der Waals surface area contributed by atoms with Crippen LogP contribution in [0.1, 0.15) is 25.8 Å². The van der Waals surface area contributed by atoms with E-state index in [2.05, 4.69) is 19.2 Å². The van der Waals surface area contributed by atoms with Crippen molar-refractivity contribution in [1.29, 1.82) is 0 Å². The summed E-state index contributed by atoms with van der Waals surface area (Å²) in [5.41, 5.74) is 0.880. The number of carbonyl (C=O) groups excluding carboxylic acids is 1. The summed E-state index contributed by atoms with van der Waals surface area (Å²) in [4.78, 5) is 12.9. The monoisotopic (exact) mass is 296 g/mol. The van der Waals surface area contributed by atoms with Gasteiger partial charge in [0.25, 0.3) is 0 Å². The molecule has 1 rings (SSSR count). The number of rotatable bonds is 8. The summed E-state index contributed by atoms with van der Waals surface area (Å²) in [7, 11) is 3.36. The minimum absolute atomic E-state index is 0.0371. The Bertz CT molecular complexity index is 462. The van der Waals surface area contributed by atoms with Crippen LogP contribution in [0.3, 0.4) is 0 Å². The van der Waals surface area contributed by atoms with E-state index in [9.17, 15) is 9.18 Å². The van der Waals surface area contributed by atoms with Crippen LogP contribution in [-0.4, -0.2) is 38.1 Å². The van der Waals surface area contributed by atoms with Crippen LogP contribution in [0.2, 0.25) is 0 Å². The molecule has 0 saturated carbocycles. The third kappa shape index (κ3) is 6.58. The van der Waals surface area contributed by atoms with E-state index in [-0.39, 0.29) is 24.7 Å². The fourth-order valence-corrected chi connectivity index (χ4v) is 1.75. The lowest BCUT2D eigenvalue weighted by molar-refractivity contribution is -0.129. The van der Waals surface area contributed by atoms with Gasteiger partial charge in [-0.3, -0.25) is 4.79 Å². The molecule has 0 aliphatic carbocycles. The van der Waals surface area contributed by atoms with Gasteiger partial charge in [0.05, 0.1) is 13.0 Å². The Morgan fingerprint density at radius 2 is 2.10 bits per heavy atom. The molecular formula is C16H25FN2O2.